The molecule has 7 nitrogen and oxygen atoms in total. The molecule has 0 amide bonds. The highest BCUT2D eigenvalue weighted by Gasteiger charge is 2.05. The van der Waals surface area contributed by atoms with Crippen LogP contribution in [-0.2, 0) is 6.42 Å². The molecule has 2 aromatic carbocycles. The number of aryl methyl sites for hydroxylation is 1. The fourth-order valence-corrected chi connectivity index (χ4v) is 3.53. The van der Waals surface area contributed by atoms with Crippen LogP contribution in [0.2, 0.25) is 5.02 Å². The number of guanidine groups is 2. The Hall–Kier alpha value is -3.19. The number of hydrogen-bond acceptors (Lipinski definition) is 3. The molecular formula is C26H36ClN7. The van der Waals surface area contributed by atoms with Crippen molar-refractivity contribution in [2.75, 3.05) is 11.9 Å². The summed E-state index contributed by atoms with van der Waals surface area (Å²) >= 11 is 5.89. The SMILES string of the molecule is Cc1ccc(NC(N)=NC(N)=NCCCCCCCC(=N)CC(=N)Cc2ccc(Cl)cc2)cc1. The minimum Gasteiger partial charge on any atom is -0.369 e. The molecule has 2 rings (SSSR count). The van der Waals surface area contributed by atoms with Gasteiger partial charge in [-0.3, -0.25) is 4.99 Å². The first-order valence-corrected chi connectivity index (χ1v) is 12.0. The van der Waals surface area contributed by atoms with E-state index in [1.165, 1.54) is 5.56 Å². The molecule has 0 unspecified atom stereocenters. The Morgan fingerprint density at radius 1 is 0.882 bits per heavy atom. The largest absolute Gasteiger partial charge is 0.369 e. The van der Waals surface area contributed by atoms with Gasteiger partial charge in [0.05, 0.1) is 0 Å². The quantitative estimate of drug-likeness (QED) is 0.142. The molecule has 8 heteroatoms. The highest BCUT2D eigenvalue weighted by atomic mass is 35.5. The monoisotopic (exact) mass is 481 g/mol. The lowest BCUT2D eigenvalue weighted by Gasteiger charge is -2.07. The zero-order valence-corrected chi connectivity index (χ0v) is 20.7. The maximum atomic E-state index is 8.13. The molecule has 0 bridgehead atoms. The third kappa shape index (κ3) is 11.6. The standard InChI is InChI=1S/C26H36ClN7/c1-19-8-14-24(15-9-19)33-26(31)34-25(30)32-16-6-4-2-3-5-7-22(28)18-23(29)17-20-10-12-21(27)13-11-20/h8-15,28-29H,2-7,16-18H2,1H3,(H5,30,31,32,33,34). The molecule has 0 fully saturated rings. The number of benzene rings is 2. The van der Waals surface area contributed by atoms with Crippen molar-refractivity contribution in [1.29, 1.82) is 10.8 Å². The highest BCUT2D eigenvalue weighted by molar-refractivity contribution is 6.30. The van der Waals surface area contributed by atoms with Gasteiger partial charge >= 0.3 is 0 Å². The molecule has 34 heavy (non-hydrogen) atoms. The van der Waals surface area contributed by atoms with Gasteiger partial charge < -0.3 is 27.6 Å². The summed E-state index contributed by atoms with van der Waals surface area (Å²) in [6, 6.07) is 15.4. The normalized spacial score (nSPS) is 11.9. The first-order valence-electron chi connectivity index (χ1n) is 11.7. The minimum absolute atomic E-state index is 0.173. The second-order valence-electron chi connectivity index (χ2n) is 8.43. The van der Waals surface area contributed by atoms with Crippen LogP contribution in [0.4, 0.5) is 5.69 Å². The average Bonchev–Trinajstić information content (AvgIpc) is 2.78. The van der Waals surface area contributed by atoms with Crippen LogP contribution in [0.3, 0.4) is 0 Å². The molecule has 0 atom stereocenters. The van der Waals surface area contributed by atoms with E-state index in [-0.39, 0.29) is 11.9 Å². The summed E-state index contributed by atoms with van der Waals surface area (Å²) in [6.45, 7) is 2.64. The maximum Gasteiger partial charge on any atom is 0.218 e. The van der Waals surface area contributed by atoms with Gasteiger partial charge in [-0.15, -0.1) is 0 Å². The predicted octanol–water partition coefficient (Wildman–Crippen LogP) is 5.70. The molecule has 0 aliphatic rings. The molecule has 2 aromatic rings. The number of anilines is 1. The first kappa shape index (κ1) is 27.1. The van der Waals surface area contributed by atoms with Crippen LogP contribution in [0.15, 0.2) is 58.5 Å². The second kappa shape index (κ2) is 14.9. The highest BCUT2D eigenvalue weighted by Crippen LogP contribution is 2.12. The van der Waals surface area contributed by atoms with Crippen LogP contribution < -0.4 is 16.8 Å². The van der Waals surface area contributed by atoms with Crippen molar-refractivity contribution in [3.8, 4) is 0 Å². The lowest BCUT2D eigenvalue weighted by Crippen LogP contribution is -2.26. The van der Waals surface area contributed by atoms with Gasteiger partial charge in [-0.25, -0.2) is 0 Å². The minimum atomic E-state index is 0.173. The third-order valence-electron chi connectivity index (χ3n) is 5.23. The van der Waals surface area contributed by atoms with Gasteiger partial charge in [-0.2, -0.15) is 4.99 Å². The van der Waals surface area contributed by atoms with Gasteiger partial charge in [0.25, 0.3) is 0 Å². The fourth-order valence-electron chi connectivity index (χ4n) is 3.40. The predicted molar refractivity (Wildman–Crippen MR) is 146 cm³/mol. The Labute approximate surface area is 207 Å². The maximum absolute atomic E-state index is 8.13. The van der Waals surface area contributed by atoms with E-state index < -0.39 is 0 Å². The van der Waals surface area contributed by atoms with Crippen molar-refractivity contribution in [2.45, 2.75) is 58.3 Å². The van der Waals surface area contributed by atoms with Crippen LogP contribution >= 0.6 is 11.6 Å². The van der Waals surface area contributed by atoms with Crippen molar-refractivity contribution >= 4 is 40.6 Å². The van der Waals surface area contributed by atoms with E-state index in [0.29, 0.717) is 35.8 Å². The number of nitrogens with zero attached hydrogens (tertiary/aromatic N) is 2. The van der Waals surface area contributed by atoms with Crippen molar-refractivity contribution < 1.29 is 0 Å². The number of halogens is 1. The van der Waals surface area contributed by atoms with Gasteiger partial charge in [-0.1, -0.05) is 60.7 Å². The van der Waals surface area contributed by atoms with E-state index in [1.807, 2.05) is 55.5 Å². The smallest absolute Gasteiger partial charge is 0.218 e. The Balaban J connectivity index is 1.53. The topological polar surface area (TPSA) is 136 Å². The van der Waals surface area contributed by atoms with E-state index in [0.717, 1.165) is 49.8 Å². The number of hydrogen-bond donors (Lipinski definition) is 5. The van der Waals surface area contributed by atoms with Crippen molar-refractivity contribution in [2.24, 2.45) is 21.5 Å². The molecule has 7 N–H and O–H groups in total. The van der Waals surface area contributed by atoms with Crippen LogP contribution in [0, 0.1) is 17.7 Å². The zero-order valence-electron chi connectivity index (χ0n) is 19.9. The summed E-state index contributed by atoms with van der Waals surface area (Å²) in [5, 5.41) is 19.9. The first-order chi connectivity index (χ1) is 16.3. The van der Waals surface area contributed by atoms with Gasteiger partial charge in [0.1, 0.15) is 0 Å². The van der Waals surface area contributed by atoms with Crippen LogP contribution in [-0.4, -0.2) is 29.9 Å². The summed E-state index contributed by atoms with van der Waals surface area (Å²) < 4.78 is 0. The molecular weight excluding hydrogens is 446 g/mol. The summed E-state index contributed by atoms with van der Waals surface area (Å²) in [7, 11) is 0. The molecule has 0 saturated heterocycles. The summed E-state index contributed by atoms with van der Waals surface area (Å²) in [5.74, 6) is 0.389. The van der Waals surface area contributed by atoms with Gasteiger partial charge in [0.2, 0.25) is 11.9 Å². The second-order valence-corrected chi connectivity index (χ2v) is 8.87. The number of rotatable bonds is 13. The molecule has 0 aromatic heterocycles. The number of aliphatic imine (C=N–C) groups is 2. The van der Waals surface area contributed by atoms with Crippen molar-refractivity contribution in [3.63, 3.8) is 0 Å². The molecule has 0 spiro atoms. The van der Waals surface area contributed by atoms with E-state index in [9.17, 15) is 0 Å². The molecule has 0 aliphatic heterocycles. The summed E-state index contributed by atoms with van der Waals surface area (Å²) in [6.07, 6.45) is 6.88. The Morgan fingerprint density at radius 2 is 1.53 bits per heavy atom. The number of nitrogens with two attached hydrogens (primary N) is 2. The van der Waals surface area contributed by atoms with E-state index in [2.05, 4.69) is 15.3 Å². The Kier molecular flexibility index (Phi) is 11.8. The lowest BCUT2D eigenvalue weighted by atomic mass is 10.0. The summed E-state index contributed by atoms with van der Waals surface area (Å²) in [4.78, 5) is 8.34. The number of nitrogens with one attached hydrogen (secondary N) is 3. The Morgan fingerprint density at radius 3 is 2.24 bits per heavy atom. The molecule has 0 aliphatic carbocycles. The molecule has 0 radical (unpaired) electrons. The van der Waals surface area contributed by atoms with Crippen LogP contribution in [0.1, 0.15) is 56.1 Å². The van der Waals surface area contributed by atoms with Crippen molar-refractivity contribution in [1.82, 2.24) is 0 Å². The number of unbranched alkanes of at least 4 members (excludes halogenated alkanes) is 4. The van der Waals surface area contributed by atoms with Crippen molar-refractivity contribution in [3.05, 3.63) is 64.7 Å². The van der Waals surface area contributed by atoms with Crippen LogP contribution in [0.25, 0.3) is 0 Å². The Bertz CT molecular complexity index is 979. The average molecular weight is 482 g/mol. The van der Waals surface area contributed by atoms with E-state index in [1.54, 1.807) is 0 Å². The van der Waals surface area contributed by atoms with Gasteiger partial charge in [-0.05, 0) is 56.0 Å². The fraction of sp³-hybridized carbons (Fsp3) is 0.385. The van der Waals surface area contributed by atoms with Gasteiger partial charge in [0.15, 0.2) is 0 Å². The van der Waals surface area contributed by atoms with Crippen LogP contribution in [0.5, 0.6) is 0 Å². The lowest BCUT2D eigenvalue weighted by molar-refractivity contribution is 0.626. The van der Waals surface area contributed by atoms with E-state index in [4.69, 9.17) is 33.9 Å². The zero-order chi connectivity index (χ0) is 24.8. The van der Waals surface area contributed by atoms with Gasteiger partial charge in [0, 0.05) is 41.5 Å². The molecule has 0 heterocycles. The molecule has 182 valence electrons. The summed E-state index contributed by atoms with van der Waals surface area (Å²) in [5.41, 5.74) is 16.0. The third-order valence-corrected chi connectivity index (χ3v) is 5.48. The molecule has 0 saturated carbocycles. The van der Waals surface area contributed by atoms with E-state index >= 15 is 0 Å².